The first-order valence-corrected chi connectivity index (χ1v) is 11.0. The molecule has 0 fully saturated rings. The van der Waals surface area contributed by atoms with Crippen LogP contribution in [0.2, 0.25) is 0 Å². The molecule has 160 valence electrons. The average molecular weight is 444 g/mol. The van der Waals surface area contributed by atoms with Gasteiger partial charge in [-0.1, -0.05) is 30.3 Å². The predicted octanol–water partition coefficient (Wildman–Crippen LogP) is 5.63. The van der Waals surface area contributed by atoms with Crippen LogP contribution in [0, 0.1) is 6.92 Å². The monoisotopic (exact) mass is 443 g/mol. The van der Waals surface area contributed by atoms with E-state index in [-0.39, 0.29) is 18.7 Å². The number of hydrogen-bond acceptors (Lipinski definition) is 6. The first-order chi connectivity index (χ1) is 15.7. The van der Waals surface area contributed by atoms with Crippen molar-refractivity contribution < 1.29 is 14.3 Å². The summed E-state index contributed by atoms with van der Waals surface area (Å²) in [5.74, 6) is 2.02. The number of aromatic nitrogens is 1. The fraction of sp³-hybridized carbons (Fsp3) is 0.120. The Morgan fingerprint density at radius 2 is 1.81 bits per heavy atom. The molecule has 0 bridgehead atoms. The number of anilines is 2. The number of fused-ring (bicyclic) bond motifs is 1. The number of nitrogens with one attached hydrogen (secondary N) is 2. The fourth-order valence-electron chi connectivity index (χ4n) is 3.64. The molecule has 0 aliphatic carbocycles. The van der Waals surface area contributed by atoms with Crippen LogP contribution in [0.5, 0.6) is 11.5 Å². The number of ether oxygens (including phenoxy) is 2. The van der Waals surface area contributed by atoms with Crippen molar-refractivity contribution in [1.29, 1.82) is 0 Å². The van der Waals surface area contributed by atoms with Crippen LogP contribution in [-0.4, -0.2) is 17.7 Å². The van der Waals surface area contributed by atoms with Crippen LogP contribution >= 0.6 is 11.3 Å². The molecule has 0 radical (unpaired) electrons. The van der Waals surface area contributed by atoms with Crippen molar-refractivity contribution in [3.63, 3.8) is 0 Å². The maximum absolute atomic E-state index is 12.9. The van der Waals surface area contributed by atoms with Crippen LogP contribution in [0.15, 0.2) is 79.0 Å². The lowest BCUT2D eigenvalue weighted by molar-refractivity contribution is 0.102. The molecule has 1 aliphatic rings. The zero-order valence-electron chi connectivity index (χ0n) is 17.4. The summed E-state index contributed by atoms with van der Waals surface area (Å²) >= 11 is 1.55. The largest absolute Gasteiger partial charge is 0.454 e. The summed E-state index contributed by atoms with van der Waals surface area (Å²) in [6.45, 7) is 2.25. The molecule has 1 atom stereocenters. The van der Waals surface area contributed by atoms with Gasteiger partial charge < -0.3 is 20.1 Å². The van der Waals surface area contributed by atoms with Gasteiger partial charge in [-0.05, 0) is 55.0 Å². The second kappa shape index (κ2) is 8.72. The number of thiophene rings is 1. The lowest BCUT2D eigenvalue weighted by Crippen LogP contribution is -2.17. The molecule has 0 saturated carbocycles. The van der Waals surface area contributed by atoms with Crippen molar-refractivity contribution in [2.75, 3.05) is 17.4 Å². The molecule has 1 amide bonds. The third-order valence-electron chi connectivity index (χ3n) is 5.15. The Kier molecular flexibility index (Phi) is 5.47. The van der Waals surface area contributed by atoms with E-state index in [9.17, 15) is 4.79 Å². The van der Waals surface area contributed by atoms with Crippen molar-refractivity contribution in [2.24, 2.45) is 0 Å². The van der Waals surface area contributed by atoms with E-state index in [1.54, 1.807) is 29.7 Å². The fourth-order valence-corrected chi connectivity index (χ4v) is 4.59. The Hall–Kier alpha value is -3.84. The highest BCUT2D eigenvalue weighted by Gasteiger charge is 2.24. The lowest BCUT2D eigenvalue weighted by Gasteiger charge is -2.21. The van der Waals surface area contributed by atoms with E-state index in [1.165, 1.54) is 0 Å². The van der Waals surface area contributed by atoms with Gasteiger partial charge >= 0.3 is 0 Å². The van der Waals surface area contributed by atoms with Gasteiger partial charge in [0.25, 0.3) is 5.91 Å². The van der Waals surface area contributed by atoms with Crippen molar-refractivity contribution >= 4 is 28.1 Å². The lowest BCUT2D eigenvalue weighted by atomic mass is 9.99. The maximum Gasteiger partial charge on any atom is 0.256 e. The van der Waals surface area contributed by atoms with Gasteiger partial charge in [-0.25, -0.2) is 4.98 Å². The molecule has 2 aromatic carbocycles. The van der Waals surface area contributed by atoms with E-state index in [0.29, 0.717) is 11.3 Å². The van der Waals surface area contributed by atoms with Gasteiger partial charge in [0.2, 0.25) is 6.79 Å². The topological polar surface area (TPSA) is 72.5 Å². The number of amides is 1. The second-order valence-electron chi connectivity index (χ2n) is 7.37. The molecule has 5 rings (SSSR count). The summed E-state index contributed by atoms with van der Waals surface area (Å²) in [5, 5.41) is 7.41. The highest BCUT2D eigenvalue weighted by Crippen LogP contribution is 2.41. The predicted molar refractivity (Wildman–Crippen MR) is 126 cm³/mol. The van der Waals surface area contributed by atoms with E-state index in [2.05, 4.69) is 21.7 Å². The van der Waals surface area contributed by atoms with Crippen LogP contribution in [0.1, 0.15) is 32.4 Å². The first-order valence-electron chi connectivity index (χ1n) is 10.2. The van der Waals surface area contributed by atoms with Gasteiger partial charge in [-0.3, -0.25) is 4.79 Å². The number of benzene rings is 2. The Balaban J connectivity index is 1.53. The van der Waals surface area contributed by atoms with Gasteiger partial charge in [0.1, 0.15) is 10.8 Å². The molecule has 0 spiro atoms. The van der Waals surface area contributed by atoms with Gasteiger partial charge in [0.15, 0.2) is 11.5 Å². The van der Waals surface area contributed by atoms with E-state index < -0.39 is 0 Å². The summed E-state index contributed by atoms with van der Waals surface area (Å²) in [4.78, 5) is 18.4. The van der Waals surface area contributed by atoms with Crippen molar-refractivity contribution in [2.45, 2.75) is 13.0 Å². The van der Waals surface area contributed by atoms with Crippen LogP contribution in [0.25, 0.3) is 0 Å². The first kappa shape index (κ1) is 20.1. The summed E-state index contributed by atoms with van der Waals surface area (Å²) in [6, 6.07) is 22.7. The Labute approximate surface area is 189 Å². The van der Waals surface area contributed by atoms with Gasteiger partial charge in [0.05, 0.1) is 6.04 Å². The average Bonchev–Trinajstić information content (AvgIpc) is 3.44. The molecule has 1 aliphatic heterocycles. The minimum atomic E-state index is -0.254. The third kappa shape index (κ3) is 4.15. The number of rotatable bonds is 6. The minimum Gasteiger partial charge on any atom is -0.454 e. The summed E-state index contributed by atoms with van der Waals surface area (Å²) < 4.78 is 11.1. The highest BCUT2D eigenvalue weighted by molar-refractivity contribution is 7.16. The number of aryl methyl sites for hydroxylation is 1. The summed E-state index contributed by atoms with van der Waals surface area (Å²) in [7, 11) is 0. The van der Waals surface area contributed by atoms with Crippen LogP contribution in [-0.2, 0) is 0 Å². The van der Waals surface area contributed by atoms with Gasteiger partial charge in [-0.15, -0.1) is 11.3 Å². The van der Waals surface area contributed by atoms with Crippen molar-refractivity contribution in [3.05, 3.63) is 101 Å². The third-order valence-corrected chi connectivity index (χ3v) is 6.13. The number of pyridine rings is 1. The van der Waals surface area contributed by atoms with Crippen LogP contribution in [0.4, 0.5) is 10.8 Å². The van der Waals surface area contributed by atoms with Crippen LogP contribution in [0.3, 0.4) is 0 Å². The highest BCUT2D eigenvalue weighted by atomic mass is 32.1. The number of hydrogen-bond donors (Lipinski definition) is 2. The molecule has 32 heavy (non-hydrogen) atoms. The smallest absolute Gasteiger partial charge is 0.256 e. The minimum absolute atomic E-state index is 0.143. The zero-order chi connectivity index (χ0) is 21.9. The molecule has 4 aromatic rings. The summed E-state index contributed by atoms with van der Waals surface area (Å²) in [6.07, 6.45) is 1.75. The van der Waals surface area contributed by atoms with Crippen molar-refractivity contribution in [1.82, 2.24) is 4.98 Å². The summed E-state index contributed by atoms with van der Waals surface area (Å²) in [5.41, 5.74) is 2.55. The number of carbonyl (C=O) groups excluding carboxylic acids is 1. The molecule has 1 unspecified atom stereocenters. The molecule has 7 heteroatoms. The standard InChI is InChI=1S/C25H21N3O3S/c1-16-13-19(25(32-16)28-24(29)17-7-3-2-4-8-17)23(27-22-9-5-6-12-26-22)18-10-11-20-21(14-18)31-15-30-20/h2-14,23H,15H2,1H3,(H,26,27)(H,28,29). The van der Waals surface area contributed by atoms with Gasteiger partial charge in [-0.2, -0.15) is 0 Å². The molecule has 2 N–H and O–H groups in total. The van der Waals surface area contributed by atoms with E-state index >= 15 is 0 Å². The zero-order valence-corrected chi connectivity index (χ0v) is 18.2. The van der Waals surface area contributed by atoms with E-state index in [0.717, 1.165) is 32.6 Å². The maximum atomic E-state index is 12.9. The quantitative estimate of drug-likeness (QED) is 0.404. The molecular weight excluding hydrogens is 422 g/mol. The molecular formula is C25H21N3O3S. The molecule has 3 heterocycles. The Bertz CT molecular complexity index is 1240. The Morgan fingerprint density at radius 3 is 2.62 bits per heavy atom. The number of carbonyl (C=O) groups is 1. The SMILES string of the molecule is Cc1cc(C(Nc2ccccn2)c2ccc3c(c2)OCO3)c(NC(=O)c2ccccc2)s1. The Morgan fingerprint density at radius 1 is 1.00 bits per heavy atom. The molecule has 2 aromatic heterocycles. The normalized spacial score (nSPS) is 12.9. The second-order valence-corrected chi connectivity index (χ2v) is 8.62. The van der Waals surface area contributed by atoms with E-state index in [1.807, 2.05) is 61.5 Å². The van der Waals surface area contributed by atoms with Gasteiger partial charge in [0, 0.05) is 22.2 Å². The molecule has 6 nitrogen and oxygen atoms in total. The van der Waals surface area contributed by atoms with E-state index in [4.69, 9.17) is 9.47 Å². The molecule has 0 saturated heterocycles. The van der Waals surface area contributed by atoms with Crippen molar-refractivity contribution in [3.8, 4) is 11.5 Å². The van der Waals surface area contributed by atoms with Crippen LogP contribution < -0.4 is 20.1 Å². The number of nitrogens with zero attached hydrogens (tertiary/aromatic N) is 1.